The smallest absolute Gasteiger partial charge is 0.306 e. The Morgan fingerprint density at radius 2 is 1.51 bits per heavy atom. The second-order valence-electron chi connectivity index (χ2n) is 18.5. The molecule has 0 radical (unpaired) electrons. The number of hydrogen-bond acceptors (Lipinski definition) is 5. The molecule has 5 aliphatic carbocycles. The van der Waals surface area contributed by atoms with E-state index >= 15 is 0 Å². The highest BCUT2D eigenvalue weighted by Crippen LogP contribution is 2.77. The number of aliphatic carboxylic acids is 1. The van der Waals surface area contributed by atoms with E-state index in [0.29, 0.717) is 42.8 Å². The number of fused-ring (bicyclic) bond motifs is 7. The van der Waals surface area contributed by atoms with Gasteiger partial charge in [0.2, 0.25) is 5.91 Å². The number of nitrogens with zero attached hydrogens (tertiary/aromatic N) is 1. The van der Waals surface area contributed by atoms with Gasteiger partial charge in [0.15, 0.2) is 0 Å². The van der Waals surface area contributed by atoms with E-state index in [1.54, 1.807) is 0 Å². The molecular weight excluding hydrogens is 566 g/mol. The molecule has 0 aromatic heterocycles. The van der Waals surface area contributed by atoms with Crippen LogP contribution in [-0.2, 0) is 23.9 Å². The van der Waals surface area contributed by atoms with Gasteiger partial charge in [0, 0.05) is 18.5 Å². The van der Waals surface area contributed by atoms with Crippen molar-refractivity contribution in [2.24, 2.45) is 56.2 Å². The molecule has 1 aliphatic heterocycles. The fourth-order valence-corrected chi connectivity index (χ4v) is 13.3. The number of morpholine rings is 1. The van der Waals surface area contributed by atoms with Crippen LogP contribution in [0.1, 0.15) is 132 Å². The Morgan fingerprint density at radius 1 is 0.800 bits per heavy atom. The van der Waals surface area contributed by atoms with Crippen LogP contribution >= 0.6 is 0 Å². The van der Waals surface area contributed by atoms with E-state index in [-0.39, 0.29) is 52.0 Å². The van der Waals surface area contributed by atoms with E-state index in [9.17, 15) is 19.5 Å². The minimum absolute atomic E-state index is 0.0414. The Labute approximate surface area is 271 Å². The summed E-state index contributed by atoms with van der Waals surface area (Å²) < 4.78 is 11.8. The van der Waals surface area contributed by atoms with Crippen LogP contribution in [0.3, 0.4) is 0 Å². The first kappa shape index (κ1) is 33.3. The number of hydrogen-bond donors (Lipinski definition) is 1. The lowest BCUT2D eigenvalue weighted by molar-refractivity contribution is -0.248. The SMILES string of the molecule is CC(C)(CC(=O)O)CC(=O)O[C@H]1CC[C@@]2(C)C(CC[C@]3(C)C2CC[C@@H]2C4CCC[C@]4(C(=O)N4CCOCC4)CC[C@]23C)C1(C)C. The summed E-state index contributed by atoms with van der Waals surface area (Å²) in [7, 11) is 0. The number of rotatable bonds is 6. The number of carbonyl (C=O) groups is 3. The van der Waals surface area contributed by atoms with Gasteiger partial charge in [0.1, 0.15) is 6.10 Å². The highest BCUT2D eigenvalue weighted by Gasteiger charge is 2.71. The first-order valence-electron chi connectivity index (χ1n) is 18.3. The number of carbonyl (C=O) groups excluding carboxylic acids is 2. The normalized spacial score (nSPS) is 44.2. The first-order chi connectivity index (χ1) is 21.0. The molecule has 0 aromatic rings. The van der Waals surface area contributed by atoms with Crippen LogP contribution in [0.25, 0.3) is 0 Å². The maximum atomic E-state index is 14.2. The number of ether oxygens (including phenoxy) is 2. The molecule has 0 spiro atoms. The van der Waals surface area contributed by atoms with Crippen molar-refractivity contribution < 1.29 is 29.0 Å². The predicted molar refractivity (Wildman–Crippen MR) is 173 cm³/mol. The average Bonchev–Trinajstić information content (AvgIpc) is 3.39. The zero-order valence-corrected chi connectivity index (χ0v) is 29.3. The van der Waals surface area contributed by atoms with E-state index in [1.807, 2.05) is 13.8 Å². The van der Waals surface area contributed by atoms with E-state index in [0.717, 1.165) is 51.6 Å². The minimum Gasteiger partial charge on any atom is -0.481 e. The monoisotopic (exact) mass is 627 g/mol. The van der Waals surface area contributed by atoms with Crippen molar-refractivity contribution in [2.45, 2.75) is 138 Å². The topological polar surface area (TPSA) is 93.1 Å². The highest BCUT2D eigenvalue weighted by atomic mass is 16.5. The Bertz CT molecular complexity index is 1190. The van der Waals surface area contributed by atoms with Crippen LogP contribution in [-0.4, -0.2) is 60.3 Å². The van der Waals surface area contributed by atoms with E-state index in [1.165, 1.54) is 32.1 Å². The van der Waals surface area contributed by atoms with Crippen LogP contribution in [0.2, 0.25) is 0 Å². The van der Waals surface area contributed by atoms with Crippen LogP contribution in [0.4, 0.5) is 0 Å². The second kappa shape index (κ2) is 11.2. The molecule has 0 bridgehead atoms. The number of amides is 1. The number of carboxylic acid groups (broad SMARTS) is 1. The van der Waals surface area contributed by atoms with Crippen molar-refractivity contribution in [3.05, 3.63) is 0 Å². The van der Waals surface area contributed by atoms with Gasteiger partial charge < -0.3 is 19.5 Å². The molecule has 9 atom stereocenters. The van der Waals surface area contributed by atoms with Crippen molar-refractivity contribution in [2.75, 3.05) is 26.3 Å². The van der Waals surface area contributed by atoms with Crippen LogP contribution in [0, 0.1) is 56.2 Å². The van der Waals surface area contributed by atoms with Gasteiger partial charge in [-0.05, 0) is 110 Å². The largest absolute Gasteiger partial charge is 0.481 e. The van der Waals surface area contributed by atoms with Gasteiger partial charge in [0.25, 0.3) is 0 Å². The minimum atomic E-state index is -0.879. The summed E-state index contributed by atoms with van der Waals surface area (Å²) >= 11 is 0. The van der Waals surface area contributed by atoms with Crippen molar-refractivity contribution >= 4 is 17.8 Å². The van der Waals surface area contributed by atoms with E-state index < -0.39 is 11.4 Å². The third kappa shape index (κ3) is 5.10. The van der Waals surface area contributed by atoms with Gasteiger partial charge >= 0.3 is 11.9 Å². The molecule has 6 rings (SSSR count). The average molecular weight is 628 g/mol. The summed E-state index contributed by atoms with van der Waals surface area (Å²) in [6, 6.07) is 0. The lowest BCUT2D eigenvalue weighted by atomic mass is 9.32. The fourth-order valence-electron chi connectivity index (χ4n) is 13.3. The van der Waals surface area contributed by atoms with Gasteiger partial charge in [-0.2, -0.15) is 0 Å². The van der Waals surface area contributed by atoms with Crippen LogP contribution < -0.4 is 0 Å². The molecule has 3 unspecified atom stereocenters. The Balaban J connectivity index is 1.21. The molecule has 254 valence electrons. The van der Waals surface area contributed by atoms with Crippen LogP contribution in [0.15, 0.2) is 0 Å². The molecule has 6 aliphatic rings. The number of esters is 1. The first-order valence-corrected chi connectivity index (χ1v) is 18.3. The molecule has 7 heteroatoms. The van der Waals surface area contributed by atoms with Crippen molar-refractivity contribution in [1.82, 2.24) is 4.90 Å². The Hall–Kier alpha value is -1.63. The summed E-state index contributed by atoms with van der Waals surface area (Å²) in [6.07, 6.45) is 12.4. The maximum absolute atomic E-state index is 14.2. The summed E-state index contributed by atoms with van der Waals surface area (Å²) in [5.74, 6) is 1.52. The van der Waals surface area contributed by atoms with Gasteiger partial charge in [0.05, 0.1) is 31.5 Å². The molecule has 1 saturated heterocycles. The summed E-state index contributed by atoms with van der Waals surface area (Å²) in [6.45, 7) is 19.0. The standard InChI is InChI=1S/C38H61NO6/c1-33(2,23-30(40)41)24-31(42)45-29-13-15-35(5)27(34(29,3)4)12-16-37(7)28(35)11-10-25-26-9-8-14-38(26,18-17-36(25,37)6)32(43)39-19-21-44-22-20-39/h25-29H,8-24H2,1-7H3,(H,40,41)/t25-,26?,27?,28?,29+,35+,36-,37-,38+/m1/s1. The fraction of sp³-hybridized carbons (Fsp3) is 0.921. The molecule has 6 fully saturated rings. The molecule has 1 N–H and O–H groups in total. The third-order valence-corrected chi connectivity index (χ3v) is 15.6. The molecule has 1 heterocycles. The van der Waals surface area contributed by atoms with Gasteiger partial charge in [-0.25, -0.2) is 0 Å². The highest BCUT2D eigenvalue weighted by molar-refractivity contribution is 5.84. The van der Waals surface area contributed by atoms with Crippen molar-refractivity contribution in [3.63, 3.8) is 0 Å². The molecule has 1 amide bonds. The molecular formula is C38H61NO6. The zero-order chi connectivity index (χ0) is 32.6. The van der Waals surface area contributed by atoms with E-state index in [4.69, 9.17) is 9.47 Å². The van der Waals surface area contributed by atoms with Gasteiger partial charge in [-0.3, -0.25) is 14.4 Å². The number of carboxylic acids is 1. The quantitative estimate of drug-likeness (QED) is 0.307. The van der Waals surface area contributed by atoms with Gasteiger partial charge in [-0.15, -0.1) is 0 Å². The Kier molecular flexibility index (Phi) is 8.30. The van der Waals surface area contributed by atoms with E-state index in [2.05, 4.69) is 39.5 Å². The Morgan fingerprint density at radius 3 is 2.20 bits per heavy atom. The van der Waals surface area contributed by atoms with Gasteiger partial charge in [-0.1, -0.05) is 54.9 Å². The maximum Gasteiger partial charge on any atom is 0.306 e. The summed E-state index contributed by atoms with van der Waals surface area (Å²) in [5, 5.41) is 9.29. The van der Waals surface area contributed by atoms with Crippen molar-refractivity contribution in [3.8, 4) is 0 Å². The van der Waals surface area contributed by atoms with Crippen molar-refractivity contribution in [1.29, 1.82) is 0 Å². The third-order valence-electron chi connectivity index (χ3n) is 15.6. The molecule has 5 saturated carbocycles. The summed E-state index contributed by atoms with van der Waals surface area (Å²) in [4.78, 5) is 40.8. The molecule has 7 nitrogen and oxygen atoms in total. The lowest BCUT2D eigenvalue weighted by Crippen LogP contribution is -2.67. The zero-order valence-electron chi connectivity index (χ0n) is 29.3. The summed E-state index contributed by atoms with van der Waals surface area (Å²) in [5.41, 5.74) is -0.273. The molecule has 0 aromatic carbocycles. The molecule has 45 heavy (non-hydrogen) atoms. The van der Waals surface area contributed by atoms with Crippen LogP contribution in [0.5, 0.6) is 0 Å². The predicted octanol–water partition coefficient (Wildman–Crippen LogP) is 7.50. The second-order valence-corrected chi connectivity index (χ2v) is 18.5. The lowest BCUT2D eigenvalue weighted by Gasteiger charge is -2.72.